The molecular formula is C27H24N4O3S3. The Kier molecular flexibility index (Phi) is 7.14. The molecule has 0 spiro atoms. The van der Waals surface area contributed by atoms with Crippen LogP contribution in [0.15, 0.2) is 58.4 Å². The molecule has 5 aromatic rings. The number of aromatic nitrogens is 3. The Labute approximate surface area is 226 Å². The van der Waals surface area contributed by atoms with E-state index in [-0.39, 0.29) is 11.7 Å². The standard InChI is InChI=1S/C27H24N4O3S3/c1-15-9-10-16(2)18(11-15)19-12-36-25(23(19)26(33)34-4)28-22(32)14-37-27-30-29-24(31(27)3)20-13-35-21-8-6-5-7-17(20)21/h5-13H,14H2,1-4H3,(H,28,32). The van der Waals surface area contributed by atoms with Crippen LogP contribution >= 0.6 is 34.4 Å². The molecule has 1 amide bonds. The third-order valence-corrected chi connectivity index (χ3v) is 8.89. The van der Waals surface area contributed by atoms with E-state index in [1.807, 2.05) is 61.2 Å². The summed E-state index contributed by atoms with van der Waals surface area (Å²) >= 11 is 4.27. The first-order valence-electron chi connectivity index (χ1n) is 11.4. The van der Waals surface area contributed by atoms with Crippen LogP contribution in [0.2, 0.25) is 0 Å². The number of fused-ring (bicyclic) bond motifs is 1. The number of carbonyl (C=O) groups excluding carboxylic acids is 2. The van der Waals surface area contributed by atoms with Crippen LogP contribution in [0.5, 0.6) is 0 Å². The number of thioether (sulfide) groups is 1. The minimum Gasteiger partial charge on any atom is -0.465 e. The van der Waals surface area contributed by atoms with E-state index in [2.05, 4.69) is 33.0 Å². The fraction of sp³-hybridized carbons (Fsp3) is 0.185. The SMILES string of the molecule is COC(=O)c1c(-c2cc(C)ccc2C)csc1NC(=O)CSc1nnc(-c2csc3ccccc23)n1C. The van der Waals surface area contributed by atoms with Gasteiger partial charge in [-0.2, -0.15) is 0 Å². The summed E-state index contributed by atoms with van der Waals surface area (Å²) in [6, 6.07) is 14.3. The van der Waals surface area contributed by atoms with Crippen molar-refractivity contribution >= 4 is 61.4 Å². The minimum atomic E-state index is -0.485. The van der Waals surface area contributed by atoms with Crippen molar-refractivity contribution in [2.75, 3.05) is 18.2 Å². The van der Waals surface area contributed by atoms with E-state index in [9.17, 15) is 9.59 Å². The van der Waals surface area contributed by atoms with Crippen LogP contribution in [0.4, 0.5) is 5.00 Å². The quantitative estimate of drug-likeness (QED) is 0.183. The van der Waals surface area contributed by atoms with Crippen LogP contribution in [0.3, 0.4) is 0 Å². The molecule has 0 unspecified atom stereocenters. The zero-order valence-electron chi connectivity index (χ0n) is 20.7. The van der Waals surface area contributed by atoms with Crippen LogP contribution in [-0.4, -0.2) is 39.5 Å². The number of benzene rings is 2. The lowest BCUT2D eigenvalue weighted by Gasteiger charge is -2.10. The molecule has 1 N–H and O–H groups in total. The number of rotatable bonds is 7. The van der Waals surface area contributed by atoms with E-state index >= 15 is 0 Å². The Morgan fingerprint density at radius 3 is 2.62 bits per heavy atom. The van der Waals surface area contributed by atoms with E-state index in [0.717, 1.165) is 39.0 Å². The lowest BCUT2D eigenvalue weighted by atomic mass is 9.97. The molecule has 0 saturated heterocycles. The highest BCUT2D eigenvalue weighted by molar-refractivity contribution is 7.99. The van der Waals surface area contributed by atoms with Gasteiger partial charge in [-0.15, -0.1) is 32.9 Å². The normalized spacial score (nSPS) is 11.1. The van der Waals surface area contributed by atoms with Crippen molar-refractivity contribution in [2.24, 2.45) is 7.05 Å². The molecule has 0 aliphatic carbocycles. The topological polar surface area (TPSA) is 86.1 Å². The fourth-order valence-electron chi connectivity index (χ4n) is 4.10. The molecule has 7 nitrogen and oxygen atoms in total. The molecule has 0 atom stereocenters. The van der Waals surface area contributed by atoms with E-state index < -0.39 is 5.97 Å². The summed E-state index contributed by atoms with van der Waals surface area (Å²) in [4.78, 5) is 25.6. The highest BCUT2D eigenvalue weighted by Gasteiger charge is 2.24. The Hall–Kier alpha value is -3.47. The highest BCUT2D eigenvalue weighted by Crippen LogP contribution is 2.38. The van der Waals surface area contributed by atoms with E-state index in [1.165, 1.54) is 34.9 Å². The number of aryl methyl sites for hydroxylation is 2. The molecule has 0 fully saturated rings. The highest BCUT2D eigenvalue weighted by atomic mass is 32.2. The van der Waals surface area contributed by atoms with Gasteiger partial charge < -0.3 is 14.6 Å². The summed E-state index contributed by atoms with van der Waals surface area (Å²) in [5.41, 5.74) is 5.21. The summed E-state index contributed by atoms with van der Waals surface area (Å²) in [5, 5.41) is 17.8. The predicted octanol–water partition coefficient (Wildman–Crippen LogP) is 6.56. The molecule has 0 saturated carbocycles. The molecule has 10 heteroatoms. The van der Waals surface area contributed by atoms with Gasteiger partial charge in [0.25, 0.3) is 0 Å². The van der Waals surface area contributed by atoms with Crippen LogP contribution < -0.4 is 5.32 Å². The lowest BCUT2D eigenvalue weighted by molar-refractivity contribution is -0.113. The van der Waals surface area contributed by atoms with E-state index in [4.69, 9.17) is 4.74 Å². The molecule has 2 aromatic carbocycles. The number of anilines is 1. The molecule has 0 bridgehead atoms. The Morgan fingerprint density at radius 1 is 1.03 bits per heavy atom. The maximum Gasteiger partial charge on any atom is 0.341 e. The fourth-order valence-corrected chi connectivity index (χ4v) is 6.71. The number of hydrogen-bond acceptors (Lipinski definition) is 8. The molecule has 5 rings (SSSR count). The third-order valence-electron chi connectivity index (χ3n) is 6.01. The molecule has 3 heterocycles. The van der Waals surface area contributed by atoms with E-state index in [0.29, 0.717) is 15.7 Å². The smallest absolute Gasteiger partial charge is 0.341 e. The van der Waals surface area contributed by atoms with Crippen LogP contribution in [-0.2, 0) is 16.6 Å². The molecule has 0 aliphatic rings. The van der Waals surface area contributed by atoms with Crippen LogP contribution in [0.25, 0.3) is 32.6 Å². The number of amides is 1. The van der Waals surface area contributed by atoms with Crippen molar-refractivity contribution in [3.8, 4) is 22.5 Å². The number of carbonyl (C=O) groups is 2. The second-order valence-electron chi connectivity index (χ2n) is 8.51. The number of methoxy groups -OCH3 is 1. The monoisotopic (exact) mass is 548 g/mol. The summed E-state index contributed by atoms with van der Waals surface area (Å²) in [7, 11) is 3.24. The average Bonchev–Trinajstić information content (AvgIpc) is 3.60. The second kappa shape index (κ2) is 10.5. The Balaban J connectivity index is 1.34. The van der Waals surface area contributed by atoms with Gasteiger partial charge in [-0.05, 0) is 31.0 Å². The Bertz CT molecular complexity index is 1630. The summed E-state index contributed by atoms with van der Waals surface area (Å²) < 4.78 is 8.14. The Morgan fingerprint density at radius 2 is 1.81 bits per heavy atom. The van der Waals surface area contributed by atoms with Crippen molar-refractivity contribution in [3.63, 3.8) is 0 Å². The summed E-state index contributed by atoms with van der Waals surface area (Å²) in [5.74, 6) is 0.147. The molecule has 37 heavy (non-hydrogen) atoms. The largest absolute Gasteiger partial charge is 0.465 e. The third kappa shape index (κ3) is 4.92. The van der Waals surface area contributed by atoms with Gasteiger partial charge in [-0.25, -0.2) is 4.79 Å². The number of esters is 1. The van der Waals surface area contributed by atoms with Crippen molar-refractivity contribution < 1.29 is 14.3 Å². The van der Waals surface area contributed by atoms with Gasteiger partial charge in [0.15, 0.2) is 11.0 Å². The van der Waals surface area contributed by atoms with Gasteiger partial charge >= 0.3 is 5.97 Å². The van der Waals surface area contributed by atoms with Gasteiger partial charge in [0.2, 0.25) is 5.91 Å². The number of thiophene rings is 2. The summed E-state index contributed by atoms with van der Waals surface area (Å²) in [6.07, 6.45) is 0. The molecule has 3 aromatic heterocycles. The zero-order chi connectivity index (χ0) is 26.1. The minimum absolute atomic E-state index is 0.119. The number of ether oxygens (including phenoxy) is 1. The average molecular weight is 549 g/mol. The zero-order valence-corrected chi connectivity index (χ0v) is 23.1. The first kappa shape index (κ1) is 25.2. The van der Waals surface area contributed by atoms with Crippen molar-refractivity contribution in [3.05, 3.63) is 69.9 Å². The van der Waals surface area contributed by atoms with Gasteiger partial charge in [0, 0.05) is 39.0 Å². The first-order chi connectivity index (χ1) is 17.9. The van der Waals surface area contributed by atoms with Gasteiger partial charge in [-0.1, -0.05) is 53.7 Å². The first-order valence-corrected chi connectivity index (χ1v) is 14.2. The maximum absolute atomic E-state index is 12.9. The maximum atomic E-state index is 12.9. The number of nitrogens with zero attached hydrogens (tertiary/aromatic N) is 3. The van der Waals surface area contributed by atoms with Crippen LogP contribution in [0.1, 0.15) is 21.5 Å². The van der Waals surface area contributed by atoms with Crippen molar-refractivity contribution in [1.29, 1.82) is 0 Å². The lowest BCUT2D eigenvalue weighted by Crippen LogP contribution is -2.16. The molecule has 0 radical (unpaired) electrons. The molecule has 188 valence electrons. The van der Waals surface area contributed by atoms with E-state index in [1.54, 1.807) is 11.3 Å². The van der Waals surface area contributed by atoms with Crippen molar-refractivity contribution in [1.82, 2.24) is 14.8 Å². The second-order valence-corrected chi connectivity index (χ2v) is 11.2. The van der Waals surface area contributed by atoms with Gasteiger partial charge in [-0.3, -0.25) is 4.79 Å². The number of hydrogen-bond donors (Lipinski definition) is 1. The number of nitrogens with one attached hydrogen (secondary N) is 1. The van der Waals surface area contributed by atoms with Crippen LogP contribution in [0, 0.1) is 13.8 Å². The molecular weight excluding hydrogens is 525 g/mol. The molecule has 0 aliphatic heterocycles. The van der Waals surface area contributed by atoms with Gasteiger partial charge in [0.05, 0.1) is 12.9 Å². The summed E-state index contributed by atoms with van der Waals surface area (Å²) in [6.45, 7) is 4.00. The van der Waals surface area contributed by atoms with Gasteiger partial charge in [0.1, 0.15) is 10.6 Å². The predicted molar refractivity (Wildman–Crippen MR) is 152 cm³/mol. The van der Waals surface area contributed by atoms with Crippen molar-refractivity contribution in [2.45, 2.75) is 19.0 Å².